The topological polar surface area (TPSA) is 106 Å². The number of ether oxygens (including phenoxy) is 1. The minimum Gasteiger partial charge on any atom is -0.494 e. The number of rotatable bonds is 10. The average molecular weight is 378 g/mol. The van der Waals surface area contributed by atoms with Crippen LogP contribution < -0.4 is 10.1 Å². The highest BCUT2D eigenvalue weighted by Crippen LogP contribution is 2.20. The Hall–Kier alpha value is -2.55. The molecule has 0 spiro atoms. The number of carbonyl (C=O) groups is 2. The van der Waals surface area contributed by atoms with Crippen molar-refractivity contribution < 1.29 is 19.4 Å². The largest absolute Gasteiger partial charge is 0.494 e. The van der Waals surface area contributed by atoms with E-state index in [4.69, 9.17) is 9.84 Å². The average Bonchev–Trinajstić information content (AvgIpc) is 3.07. The predicted molar refractivity (Wildman–Crippen MR) is 98.6 cm³/mol. The summed E-state index contributed by atoms with van der Waals surface area (Å²) in [6, 6.07) is 7.19. The van der Waals surface area contributed by atoms with Gasteiger partial charge in [-0.05, 0) is 44.5 Å². The Kier molecular flexibility index (Phi) is 7.46. The molecule has 1 heterocycles. The van der Waals surface area contributed by atoms with Gasteiger partial charge < -0.3 is 19.7 Å². The summed E-state index contributed by atoms with van der Waals surface area (Å²) in [6.45, 7) is 4.39. The summed E-state index contributed by atoms with van der Waals surface area (Å²) in [6.07, 6.45) is 2.18. The molecule has 2 N–H and O–H groups in total. The summed E-state index contributed by atoms with van der Waals surface area (Å²) in [5.41, 5.74) is 0.666. The molecule has 1 aromatic carbocycles. The van der Waals surface area contributed by atoms with Gasteiger partial charge in [0.05, 0.1) is 12.4 Å². The van der Waals surface area contributed by atoms with Crippen molar-refractivity contribution in [1.82, 2.24) is 14.8 Å². The third kappa shape index (κ3) is 6.40. The molecule has 0 aliphatic carbocycles. The van der Waals surface area contributed by atoms with E-state index in [1.54, 1.807) is 30.6 Å². The van der Waals surface area contributed by atoms with Gasteiger partial charge in [-0.15, -0.1) is 10.2 Å². The smallest absolute Gasteiger partial charge is 0.303 e. The van der Waals surface area contributed by atoms with Crippen LogP contribution in [0.4, 0.5) is 5.69 Å². The van der Waals surface area contributed by atoms with Crippen LogP contribution in [0.1, 0.15) is 32.7 Å². The third-order valence-electron chi connectivity index (χ3n) is 3.37. The number of thioether (sulfide) groups is 1. The van der Waals surface area contributed by atoms with Crippen molar-refractivity contribution in [3.8, 4) is 5.75 Å². The lowest BCUT2D eigenvalue weighted by Gasteiger charge is -2.10. The molecule has 0 aliphatic rings. The van der Waals surface area contributed by atoms with Crippen molar-refractivity contribution >= 4 is 29.3 Å². The summed E-state index contributed by atoms with van der Waals surface area (Å²) >= 11 is 1.33. The molecule has 0 saturated heterocycles. The summed E-state index contributed by atoms with van der Waals surface area (Å²) < 4.78 is 7.36. The Bertz CT molecular complexity index is 731. The number of hydrogen-bond acceptors (Lipinski definition) is 6. The number of amides is 1. The van der Waals surface area contributed by atoms with E-state index in [1.165, 1.54) is 11.8 Å². The Balaban J connectivity index is 1.76. The van der Waals surface area contributed by atoms with E-state index >= 15 is 0 Å². The molecule has 1 aromatic heterocycles. The van der Waals surface area contributed by atoms with E-state index in [0.29, 0.717) is 29.6 Å². The van der Waals surface area contributed by atoms with Crippen molar-refractivity contribution in [3.63, 3.8) is 0 Å². The normalized spacial score (nSPS) is 10.7. The third-order valence-corrected chi connectivity index (χ3v) is 4.33. The highest BCUT2D eigenvalue weighted by atomic mass is 32.2. The van der Waals surface area contributed by atoms with Crippen LogP contribution in [-0.4, -0.2) is 44.1 Å². The molecular formula is C17H22N4O4S. The fourth-order valence-corrected chi connectivity index (χ4v) is 2.91. The van der Waals surface area contributed by atoms with Gasteiger partial charge in [-0.2, -0.15) is 0 Å². The van der Waals surface area contributed by atoms with Crippen LogP contribution in [0.3, 0.4) is 0 Å². The first-order valence-electron chi connectivity index (χ1n) is 8.22. The first-order chi connectivity index (χ1) is 12.5. The maximum absolute atomic E-state index is 12.1. The minimum absolute atomic E-state index is 0.0797. The van der Waals surface area contributed by atoms with Crippen molar-refractivity contribution in [2.45, 2.75) is 37.9 Å². The number of carboxylic acids is 1. The zero-order chi connectivity index (χ0) is 18.9. The second-order valence-corrected chi connectivity index (χ2v) is 6.76. The van der Waals surface area contributed by atoms with Crippen LogP contribution in [0.5, 0.6) is 5.75 Å². The van der Waals surface area contributed by atoms with Crippen LogP contribution >= 0.6 is 11.8 Å². The fourth-order valence-electron chi connectivity index (χ4n) is 2.06. The fraction of sp³-hybridized carbons (Fsp3) is 0.412. The predicted octanol–water partition coefficient (Wildman–Crippen LogP) is 2.83. The number of carboxylic acid groups (broad SMARTS) is 1. The molecule has 0 unspecified atom stereocenters. The van der Waals surface area contributed by atoms with E-state index in [-0.39, 0.29) is 24.1 Å². The van der Waals surface area contributed by atoms with Crippen LogP contribution in [-0.2, 0) is 9.59 Å². The molecule has 8 nitrogen and oxygen atoms in total. The van der Waals surface area contributed by atoms with Crippen LogP contribution in [0.15, 0.2) is 35.7 Å². The van der Waals surface area contributed by atoms with Crippen molar-refractivity contribution in [3.05, 3.63) is 30.6 Å². The van der Waals surface area contributed by atoms with E-state index in [1.807, 2.05) is 18.4 Å². The van der Waals surface area contributed by atoms with Crippen LogP contribution in [0, 0.1) is 0 Å². The number of nitrogens with one attached hydrogen (secondary N) is 1. The standard InChI is InChI=1S/C17H22N4O4S/c1-12(2)21-11-18-20-17(21)26-10-15(22)19-13-5-7-14(8-6-13)25-9-3-4-16(23)24/h5-8,11-12H,3-4,9-10H2,1-2H3,(H,19,22)(H,23,24). The summed E-state index contributed by atoms with van der Waals surface area (Å²) in [4.78, 5) is 22.5. The van der Waals surface area contributed by atoms with Gasteiger partial charge in [-0.1, -0.05) is 11.8 Å². The first-order valence-corrected chi connectivity index (χ1v) is 9.21. The van der Waals surface area contributed by atoms with Crippen molar-refractivity contribution in [2.24, 2.45) is 0 Å². The quantitative estimate of drug-likeness (QED) is 0.483. The second-order valence-electron chi connectivity index (χ2n) is 5.82. The number of carbonyl (C=O) groups excluding carboxylic acids is 1. The number of hydrogen-bond donors (Lipinski definition) is 2. The number of nitrogens with zero attached hydrogens (tertiary/aromatic N) is 3. The minimum atomic E-state index is -0.837. The van der Waals surface area contributed by atoms with Gasteiger partial charge in [-0.25, -0.2) is 0 Å². The molecule has 2 rings (SSSR count). The number of anilines is 1. The lowest BCUT2D eigenvalue weighted by atomic mass is 10.3. The number of aliphatic carboxylic acids is 1. The second kappa shape index (κ2) is 9.81. The molecule has 0 radical (unpaired) electrons. The maximum Gasteiger partial charge on any atom is 0.303 e. The molecule has 0 bridgehead atoms. The summed E-state index contributed by atoms with van der Waals surface area (Å²) in [7, 11) is 0. The van der Waals surface area contributed by atoms with Crippen molar-refractivity contribution in [2.75, 3.05) is 17.7 Å². The van der Waals surface area contributed by atoms with E-state index in [2.05, 4.69) is 15.5 Å². The van der Waals surface area contributed by atoms with Gasteiger partial charge in [0.25, 0.3) is 0 Å². The van der Waals surface area contributed by atoms with E-state index in [9.17, 15) is 9.59 Å². The van der Waals surface area contributed by atoms with Gasteiger partial charge in [0.1, 0.15) is 12.1 Å². The molecule has 1 amide bonds. The lowest BCUT2D eigenvalue weighted by Crippen LogP contribution is -2.14. The highest BCUT2D eigenvalue weighted by Gasteiger charge is 2.11. The Morgan fingerprint density at radius 1 is 1.31 bits per heavy atom. The zero-order valence-corrected chi connectivity index (χ0v) is 15.5. The summed E-state index contributed by atoms with van der Waals surface area (Å²) in [5.74, 6) is -0.105. The van der Waals surface area contributed by atoms with Gasteiger partial charge in [-0.3, -0.25) is 9.59 Å². The number of aromatic nitrogens is 3. The van der Waals surface area contributed by atoms with Gasteiger partial charge in [0.2, 0.25) is 5.91 Å². The molecular weight excluding hydrogens is 356 g/mol. The SMILES string of the molecule is CC(C)n1cnnc1SCC(=O)Nc1ccc(OCCCC(=O)O)cc1. The molecule has 26 heavy (non-hydrogen) atoms. The van der Waals surface area contributed by atoms with Crippen LogP contribution in [0.2, 0.25) is 0 Å². The number of benzene rings is 1. The van der Waals surface area contributed by atoms with E-state index < -0.39 is 5.97 Å². The van der Waals surface area contributed by atoms with Gasteiger partial charge in [0.15, 0.2) is 5.16 Å². The lowest BCUT2D eigenvalue weighted by molar-refractivity contribution is -0.137. The molecule has 0 atom stereocenters. The zero-order valence-electron chi connectivity index (χ0n) is 14.7. The molecule has 0 saturated carbocycles. The van der Waals surface area contributed by atoms with E-state index in [0.717, 1.165) is 0 Å². The van der Waals surface area contributed by atoms with Crippen LogP contribution in [0.25, 0.3) is 0 Å². The maximum atomic E-state index is 12.1. The van der Waals surface area contributed by atoms with Crippen molar-refractivity contribution in [1.29, 1.82) is 0 Å². The summed E-state index contributed by atoms with van der Waals surface area (Å²) in [5, 5.41) is 20.0. The Labute approximate surface area is 156 Å². The van der Waals surface area contributed by atoms with Gasteiger partial charge in [0, 0.05) is 18.2 Å². The van der Waals surface area contributed by atoms with Gasteiger partial charge >= 0.3 is 5.97 Å². The first kappa shape index (κ1) is 19.8. The molecule has 0 fully saturated rings. The molecule has 2 aromatic rings. The molecule has 9 heteroatoms. The monoisotopic (exact) mass is 378 g/mol. The Morgan fingerprint density at radius 3 is 2.69 bits per heavy atom. The highest BCUT2D eigenvalue weighted by molar-refractivity contribution is 7.99. The molecule has 0 aliphatic heterocycles. The molecule has 140 valence electrons. The Morgan fingerprint density at radius 2 is 2.04 bits per heavy atom.